The highest BCUT2D eigenvalue weighted by Crippen LogP contribution is 2.39. The van der Waals surface area contributed by atoms with Crippen LogP contribution in [0.15, 0.2) is 21.5 Å². The van der Waals surface area contributed by atoms with Crippen LogP contribution in [-0.2, 0) is 42.1 Å². The Balaban J connectivity index is 1.47. The fourth-order valence-electron chi connectivity index (χ4n) is 4.17. The summed E-state index contributed by atoms with van der Waals surface area (Å²) < 4.78 is 23.9. The summed E-state index contributed by atoms with van der Waals surface area (Å²) >= 11 is 0. The first kappa shape index (κ1) is 16.8. The van der Waals surface area contributed by atoms with E-state index in [1.165, 1.54) is 28.5 Å². The Labute approximate surface area is 157 Å². The minimum absolute atomic E-state index is 0.0813. The second-order valence-electron chi connectivity index (χ2n) is 7.40. The summed E-state index contributed by atoms with van der Waals surface area (Å²) in [6.45, 7) is 2.44. The van der Waals surface area contributed by atoms with Crippen LogP contribution in [0.25, 0.3) is 0 Å². The standard InChI is InChI=1S/C18H21N5O3S/c1-10-9-23-17(26-10)15(8-20-23)27(19,25)22-18(24)21-16-13-4-2-3-11(13)7-12-5-6-14(12)16/h7-8,10H,2-6,9H2,1H3,(H3,19,21,22,24,25)/t10-,27?/m1/s1. The Kier molecular flexibility index (Phi) is 3.60. The van der Waals surface area contributed by atoms with Gasteiger partial charge in [-0.3, -0.25) is 0 Å². The molecule has 8 nitrogen and oxygen atoms in total. The molecular weight excluding hydrogens is 366 g/mol. The van der Waals surface area contributed by atoms with Gasteiger partial charge in [0.1, 0.15) is 11.0 Å². The van der Waals surface area contributed by atoms with Crippen molar-refractivity contribution in [2.45, 2.75) is 56.6 Å². The third kappa shape index (κ3) is 2.64. The average molecular weight is 387 g/mol. The van der Waals surface area contributed by atoms with E-state index in [4.69, 9.17) is 9.88 Å². The van der Waals surface area contributed by atoms with Gasteiger partial charge in [0, 0.05) is 5.69 Å². The molecule has 2 atom stereocenters. The molecule has 2 amide bonds. The number of aromatic nitrogens is 2. The van der Waals surface area contributed by atoms with Crippen LogP contribution in [0, 0.1) is 0 Å². The quantitative estimate of drug-likeness (QED) is 0.822. The second kappa shape index (κ2) is 5.80. The molecule has 0 saturated heterocycles. The number of nitrogens with one attached hydrogen (secondary N) is 1. The van der Waals surface area contributed by atoms with Crippen LogP contribution in [0.1, 0.15) is 35.6 Å². The van der Waals surface area contributed by atoms with Crippen molar-refractivity contribution in [3.05, 3.63) is 34.5 Å². The SMILES string of the molecule is C[C@@H]1Cn2ncc(S(N)(=O)=NC(=O)Nc3c4c(cc5c3CC5)CCC4)c2O1. The van der Waals surface area contributed by atoms with Gasteiger partial charge < -0.3 is 10.1 Å². The first-order chi connectivity index (χ1) is 12.9. The molecular formula is C18H21N5O3S. The first-order valence-corrected chi connectivity index (χ1v) is 10.7. The minimum Gasteiger partial charge on any atom is -0.472 e. The molecule has 0 fully saturated rings. The number of amides is 2. The third-order valence-corrected chi connectivity index (χ3v) is 6.86. The van der Waals surface area contributed by atoms with Crippen LogP contribution in [-0.4, -0.2) is 26.1 Å². The minimum atomic E-state index is -3.45. The number of fused-ring (bicyclic) bond motifs is 3. The molecule has 0 spiro atoms. The summed E-state index contributed by atoms with van der Waals surface area (Å²) in [6.07, 6.45) is 6.33. The van der Waals surface area contributed by atoms with Gasteiger partial charge in [-0.25, -0.2) is 18.8 Å². The zero-order chi connectivity index (χ0) is 18.8. The van der Waals surface area contributed by atoms with E-state index in [0.717, 1.165) is 37.8 Å². The molecule has 1 aromatic heterocycles. The predicted octanol–water partition coefficient (Wildman–Crippen LogP) is 2.18. The maximum atomic E-state index is 12.9. The zero-order valence-electron chi connectivity index (χ0n) is 15.0. The lowest BCUT2D eigenvalue weighted by molar-refractivity contribution is 0.248. The summed E-state index contributed by atoms with van der Waals surface area (Å²) in [5.74, 6) is 0.330. The molecule has 27 heavy (non-hydrogen) atoms. The fourth-order valence-corrected chi connectivity index (χ4v) is 5.17. The lowest BCUT2D eigenvalue weighted by Crippen LogP contribution is -2.21. The summed E-state index contributed by atoms with van der Waals surface area (Å²) in [7, 11) is -3.45. The molecule has 2 aliphatic carbocycles. The molecule has 3 N–H and O–H groups in total. The molecule has 5 rings (SSSR count). The number of carbonyl (C=O) groups is 1. The lowest BCUT2D eigenvalue weighted by atomic mass is 9.83. The van der Waals surface area contributed by atoms with Gasteiger partial charge in [0.25, 0.3) is 0 Å². The first-order valence-electron chi connectivity index (χ1n) is 9.17. The van der Waals surface area contributed by atoms with E-state index in [1.54, 1.807) is 4.68 Å². The van der Waals surface area contributed by atoms with Gasteiger partial charge in [-0.1, -0.05) is 6.07 Å². The Morgan fingerprint density at radius 1 is 1.33 bits per heavy atom. The van der Waals surface area contributed by atoms with Crippen LogP contribution in [0.4, 0.5) is 10.5 Å². The molecule has 142 valence electrons. The second-order valence-corrected chi connectivity index (χ2v) is 9.15. The maximum absolute atomic E-state index is 12.9. The summed E-state index contributed by atoms with van der Waals surface area (Å²) in [5, 5.41) is 12.9. The van der Waals surface area contributed by atoms with Gasteiger partial charge in [-0.05, 0) is 61.3 Å². The number of carbonyl (C=O) groups excluding carboxylic acids is 1. The van der Waals surface area contributed by atoms with Gasteiger partial charge in [0.05, 0.1) is 12.7 Å². The zero-order valence-corrected chi connectivity index (χ0v) is 15.8. The van der Waals surface area contributed by atoms with Crippen molar-refractivity contribution in [1.82, 2.24) is 9.78 Å². The number of benzene rings is 1. The molecule has 2 aromatic rings. The van der Waals surface area contributed by atoms with Gasteiger partial charge in [0.15, 0.2) is 9.92 Å². The number of urea groups is 1. The summed E-state index contributed by atoms with van der Waals surface area (Å²) in [6, 6.07) is 1.57. The van der Waals surface area contributed by atoms with Gasteiger partial charge in [0.2, 0.25) is 5.88 Å². The van der Waals surface area contributed by atoms with Crippen molar-refractivity contribution < 1.29 is 13.7 Å². The van der Waals surface area contributed by atoms with Crippen LogP contribution >= 0.6 is 0 Å². The number of hydrogen-bond donors (Lipinski definition) is 2. The van der Waals surface area contributed by atoms with E-state index >= 15 is 0 Å². The summed E-state index contributed by atoms with van der Waals surface area (Å²) in [4.78, 5) is 12.7. The molecule has 1 aliphatic heterocycles. The molecule has 2 heterocycles. The van der Waals surface area contributed by atoms with Crippen molar-refractivity contribution >= 4 is 21.6 Å². The molecule has 9 heteroatoms. The van der Waals surface area contributed by atoms with Crippen LogP contribution in [0.5, 0.6) is 5.88 Å². The van der Waals surface area contributed by atoms with Gasteiger partial charge in [-0.2, -0.15) is 5.10 Å². The topological polar surface area (TPSA) is 112 Å². The molecule has 1 unspecified atom stereocenters. The van der Waals surface area contributed by atoms with Gasteiger partial charge in [-0.15, -0.1) is 4.36 Å². The Morgan fingerprint density at radius 3 is 2.89 bits per heavy atom. The van der Waals surface area contributed by atoms with E-state index in [1.807, 2.05) is 6.92 Å². The normalized spacial score (nSPS) is 21.3. The monoisotopic (exact) mass is 387 g/mol. The van der Waals surface area contributed by atoms with Crippen LogP contribution < -0.4 is 15.2 Å². The fraction of sp³-hybridized carbons (Fsp3) is 0.444. The maximum Gasteiger partial charge on any atom is 0.354 e. The van der Waals surface area contributed by atoms with Gasteiger partial charge >= 0.3 is 6.03 Å². The highest BCUT2D eigenvalue weighted by atomic mass is 32.2. The molecule has 3 aliphatic rings. The van der Waals surface area contributed by atoms with E-state index in [-0.39, 0.29) is 11.0 Å². The number of hydrogen-bond acceptors (Lipinski definition) is 4. The average Bonchev–Trinajstić information content (AvgIpc) is 3.24. The lowest BCUT2D eigenvalue weighted by Gasteiger charge is -2.25. The molecule has 0 bridgehead atoms. The molecule has 0 radical (unpaired) electrons. The smallest absolute Gasteiger partial charge is 0.354 e. The predicted molar refractivity (Wildman–Crippen MR) is 100 cm³/mol. The van der Waals surface area contributed by atoms with E-state index < -0.39 is 15.9 Å². The highest BCUT2D eigenvalue weighted by molar-refractivity contribution is 7.91. The Hall–Kier alpha value is -2.39. The number of nitrogens with two attached hydrogens (primary N) is 1. The molecule has 1 aromatic carbocycles. The van der Waals surface area contributed by atoms with Crippen LogP contribution in [0.3, 0.4) is 0 Å². The Bertz CT molecular complexity index is 1100. The largest absolute Gasteiger partial charge is 0.472 e. The van der Waals surface area contributed by atoms with Crippen molar-refractivity contribution in [3.8, 4) is 5.88 Å². The van der Waals surface area contributed by atoms with Crippen molar-refractivity contribution in [2.24, 2.45) is 9.50 Å². The number of aryl methyl sites for hydroxylation is 2. The third-order valence-electron chi connectivity index (χ3n) is 5.51. The highest BCUT2D eigenvalue weighted by Gasteiger charge is 2.30. The van der Waals surface area contributed by atoms with Crippen molar-refractivity contribution in [2.75, 3.05) is 5.32 Å². The number of rotatable bonds is 2. The number of nitrogens with zero attached hydrogens (tertiary/aromatic N) is 3. The Morgan fingerprint density at radius 2 is 2.11 bits per heavy atom. The van der Waals surface area contributed by atoms with Crippen LogP contribution in [0.2, 0.25) is 0 Å². The van der Waals surface area contributed by atoms with Crippen molar-refractivity contribution in [1.29, 1.82) is 0 Å². The van der Waals surface area contributed by atoms with E-state index in [0.29, 0.717) is 12.4 Å². The van der Waals surface area contributed by atoms with E-state index in [2.05, 4.69) is 20.8 Å². The number of ether oxygens (including phenoxy) is 1. The van der Waals surface area contributed by atoms with E-state index in [9.17, 15) is 9.00 Å². The number of anilines is 1. The summed E-state index contributed by atoms with van der Waals surface area (Å²) in [5.41, 5.74) is 5.79. The van der Waals surface area contributed by atoms with Crippen molar-refractivity contribution in [3.63, 3.8) is 0 Å². The molecule has 0 saturated carbocycles.